The zero-order valence-corrected chi connectivity index (χ0v) is 12.7. The molecule has 0 aliphatic rings. The molecule has 6 heteroatoms. The number of pyridine rings is 1. The predicted octanol–water partition coefficient (Wildman–Crippen LogP) is 2.25. The van der Waals surface area contributed by atoms with Crippen molar-refractivity contribution in [3.8, 4) is 11.5 Å². The number of hydrogen-bond acceptors (Lipinski definition) is 5. The number of amides is 1. The van der Waals surface area contributed by atoms with E-state index in [-0.39, 0.29) is 5.91 Å². The summed E-state index contributed by atoms with van der Waals surface area (Å²) in [5, 5.41) is 4.09. The Morgan fingerprint density at radius 3 is 2.18 bits per heavy atom. The maximum atomic E-state index is 12.2. The number of rotatable bonds is 5. The Balaban J connectivity index is 2.15. The van der Waals surface area contributed by atoms with Gasteiger partial charge in [-0.15, -0.1) is 0 Å². The number of aromatic nitrogens is 1. The molecule has 1 heterocycles. The number of methoxy groups -OCH3 is 2. The maximum absolute atomic E-state index is 12.2. The molecule has 2 rings (SSSR count). The quantitative estimate of drug-likeness (QED) is 0.679. The molecule has 1 N–H and O–H groups in total. The fourth-order valence-corrected chi connectivity index (χ4v) is 1.80. The standard InChI is InChI=1S/C16H17N3O3/c1-11(12-4-6-17-7-5-12)18-19-16(20)13-8-14(21-2)10-15(9-13)22-3/h4-10H,1-3H3,(H,19,20)/b18-11-. The van der Waals surface area contributed by atoms with Crippen LogP contribution in [0.3, 0.4) is 0 Å². The van der Waals surface area contributed by atoms with Crippen LogP contribution in [0.5, 0.6) is 11.5 Å². The first-order chi connectivity index (χ1) is 10.6. The Labute approximate surface area is 128 Å². The third-order valence-corrected chi connectivity index (χ3v) is 3.04. The molecular formula is C16H17N3O3. The van der Waals surface area contributed by atoms with Crippen molar-refractivity contribution in [1.29, 1.82) is 0 Å². The topological polar surface area (TPSA) is 72.8 Å². The van der Waals surface area contributed by atoms with Gasteiger partial charge in [-0.2, -0.15) is 5.10 Å². The minimum Gasteiger partial charge on any atom is -0.497 e. The highest BCUT2D eigenvalue weighted by atomic mass is 16.5. The fourth-order valence-electron chi connectivity index (χ4n) is 1.80. The van der Waals surface area contributed by atoms with E-state index < -0.39 is 0 Å². The first kappa shape index (κ1) is 15.5. The van der Waals surface area contributed by atoms with Crippen molar-refractivity contribution in [1.82, 2.24) is 10.4 Å². The van der Waals surface area contributed by atoms with Gasteiger partial charge in [0.05, 0.1) is 19.9 Å². The van der Waals surface area contributed by atoms with Crippen LogP contribution in [0, 0.1) is 0 Å². The van der Waals surface area contributed by atoms with E-state index in [1.807, 2.05) is 19.1 Å². The van der Waals surface area contributed by atoms with Crippen LogP contribution in [-0.2, 0) is 0 Å². The zero-order valence-electron chi connectivity index (χ0n) is 12.7. The first-order valence-electron chi connectivity index (χ1n) is 6.62. The lowest BCUT2D eigenvalue weighted by molar-refractivity contribution is 0.0954. The predicted molar refractivity (Wildman–Crippen MR) is 83.5 cm³/mol. The number of carbonyl (C=O) groups is 1. The smallest absolute Gasteiger partial charge is 0.271 e. The molecule has 0 radical (unpaired) electrons. The van der Waals surface area contributed by atoms with Gasteiger partial charge in [-0.25, -0.2) is 5.43 Å². The molecule has 0 fully saturated rings. The highest BCUT2D eigenvalue weighted by Crippen LogP contribution is 2.22. The summed E-state index contributed by atoms with van der Waals surface area (Å²) in [7, 11) is 3.06. The molecule has 1 amide bonds. The van der Waals surface area contributed by atoms with E-state index in [1.165, 1.54) is 14.2 Å². The SMILES string of the molecule is COc1cc(OC)cc(C(=O)N/N=C(/C)c2ccncc2)c1. The Kier molecular flexibility index (Phi) is 5.08. The summed E-state index contributed by atoms with van der Waals surface area (Å²) in [6, 6.07) is 8.58. The van der Waals surface area contributed by atoms with E-state index in [2.05, 4.69) is 15.5 Å². The number of benzene rings is 1. The second kappa shape index (κ2) is 7.21. The highest BCUT2D eigenvalue weighted by molar-refractivity contribution is 6.00. The van der Waals surface area contributed by atoms with Gasteiger partial charge in [0.2, 0.25) is 0 Å². The van der Waals surface area contributed by atoms with E-state index in [1.54, 1.807) is 30.6 Å². The van der Waals surface area contributed by atoms with Gasteiger partial charge in [-0.05, 0) is 31.2 Å². The summed E-state index contributed by atoms with van der Waals surface area (Å²) in [6.45, 7) is 1.81. The fraction of sp³-hybridized carbons (Fsp3) is 0.188. The Hall–Kier alpha value is -2.89. The monoisotopic (exact) mass is 299 g/mol. The molecule has 6 nitrogen and oxygen atoms in total. The van der Waals surface area contributed by atoms with E-state index >= 15 is 0 Å². The van der Waals surface area contributed by atoms with Crippen LogP contribution in [0.15, 0.2) is 47.8 Å². The van der Waals surface area contributed by atoms with Crippen molar-refractivity contribution < 1.29 is 14.3 Å². The summed E-state index contributed by atoms with van der Waals surface area (Å²) in [5.41, 5.74) is 4.50. The summed E-state index contributed by atoms with van der Waals surface area (Å²) < 4.78 is 10.3. The number of carbonyl (C=O) groups excluding carboxylic acids is 1. The summed E-state index contributed by atoms with van der Waals surface area (Å²) in [4.78, 5) is 16.1. The van der Waals surface area contributed by atoms with Gasteiger partial charge < -0.3 is 9.47 Å². The van der Waals surface area contributed by atoms with E-state index in [4.69, 9.17) is 9.47 Å². The molecule has 0 atom stereocenters. The third-order valence-electron chi connectivity index (χ3n) is 3.04. The number of nitrogens with one attached hydrogen (secondary N) is 1. The van der Waals surface area contributed by atoms with Crippen molar-refractivity contribution >= 4 is 11.6 Å². The van der Waals surface area contributed by atoms with Gasteiger partial charge in [0.15, 0.2) is 0 Å². The van der Waals surface area contributed by atoms with Crippen molar-refractivity contribution in [3.63, 3.8) is 0 Å². The van der Waals surface area contributed by atoms with Crippen LogP contribution >= 0.6 is 0 Å². The first-order valence-corrected chi connectivity index (χ1v) is 6.62. The molecule has 0 saturated carbocycles. The highest BCUT2D eigenvalue weighted by Gasteiger charge is 2.09. The normalized spacial score (nSPS) is 11.0. The molecule has 0 aliphatic heterocycles. The number of nitrogens with zero attached hydrogens (tertiary/aromatic N) is 2. The minimum absolute atomic E-state index is 0.342. The van der Waals surface area contributed by atoms with Gasteiger partial charge in [-0.3, -0.25) is 9.78 Å². The van der Waals surface area contributed by atoms with Crippen LogP contribution in [0.2, 0.25) is 0 Å². The largest absolute Gasteiger partial charge is 0.497 e. The van der Waals surface area contributed by atoms with E-state index in [0.29, 0.717) is 22.8 Å². The summed E-state index contributed by atoms with van der Waals surface area (Å²) >= 11 is 0. The molecular weight excluding hydrogens is 282 g/mol. The van der Waals surface area contributed by atoms with Gasteiger partial charge in [0.25, 0.3) is 5.91 Å². The van der Waals surface area contributed by atoms with Crippen LogP contribution < -0.4 is 14.9 Å². The van der Waals surface area contributed by atoms with Crippen molar-refractivity contribution in [2.75, 3.05) is 14.2 Å². The average molecular weight is 299 g/mol. The van der Waals surface area contributed by atoms with Crippen LogP contribution in [0.1, 0.15) is 22.8 Å². The Bertz CT molecular complexity index is 662. The Morgan fingerprint density at radius 2 is 1.64 bits per heavy atom. The van der Waals surface area contributed by atoms with Gasteiger partial charge in [0.1, 0.15) is 11.5 Å². The number of ether oxygens (including phenoxy) is 2. The van der Waals surface area contributed by atoms with Crippen LogP contribution in [-0.4, -0.2) is 30.8 Å². The van der Waals surface area contributed by atoms with E-state index in [9.17, 15) is 4.79 Å². The maximum Gasteiger partial charge on any atom is 0.271 e. The second-order valence-corrected chi connectivity index (χ2v) is 4.48. The number of hydrazone groups is 1. The van der Waals surface area contributed by atoms with Crippen LogP contribution in [0.25, 0.3) is 0 Å². The molecule has 1 aromatic heterocycles. The lowest BCUT2D eigenvalue weighted by Crippen LogP contribution is -2.19. The average Bonchev–Trinajstić information content (AvgIpc) is 2.59. The molecule has 0 spiro atoms. The van der Waals surface area contributed by atoms with Gasteiger partial charge in [0, 0.05) is 29.6 Å². The molecule has 0 saturated heterocycles. The molecule has 2 aromatic rings. The lowest BCUT2D eigenvalue weighted by Gasteiger charge is -2.08. The summed E-state index contributed by atoms with van der Waals surface area (Å²) in [5.74, 6) is 0.740. The van der Waals surface area contributed by atoms with Crippen LogP contribution in [0.4, 0.5) is 0 Å². The van der Waals surface area contributed by atoms with E-state index in [0.717, 1.165) is 5.56 Å². The summed E-state index contributed by atoms with van der Waals surface area (Å²) in [6.07, 6.45) is 3.34. The molecule has 0 unspecified atom stereocenters. The molecule has 0 aliphatic carbocycles. The molecule has 22 heavy (non-hydrogen) atoms. The second-order valence-electron chi connectivity index (χ2n) is 4.48. The van der Waals surface area contributed by atoms with Gasteiger partial charge >= 0.3 is 0 Å². The molecule has 0 bridgehead atoms. The number of hydrogen-bond donors (Lipinski definition) is 1. The lowest BCUT2D eigenvalue weighted by atomic mass is 10.2. The van der Waals surface area contributed by atoms with Crippen molar-refractivity contribution in [2.45, 2.75) is 6.92 Å². The molecule has 114 valence electrons. The third kappa shape index (κ3) is 3.82. The zero-order chi connectivity index (χ0) is 15.9. The minimum atomic E-state index is -0.342. The van der Waals surface area contributed by atoms with Gasteiger partial charge in [-0.1, -0.05) is 0 Å². The van der Waals surface area contributed by atoms with Crippen molar-refractivity contribution in [2.24, 2.45) is 5.10 Å². The Morgan fingerprint density at radius 1 is 1.05 bits per heavy atom. The van der Waals surface area contributed by atoms with Crippen molar-refractivity contribution in [3.05, 3.63) is 53.9 Å². The molecule has 1 aromatic carbocycles.